The maximum atomic E-state index is 0. The minimum Gasteiger partial charge on any atom is -0.870 e. The van der Waals surface area contributed by atoms with E-state index in [-0.39, 0.29) is 60.8 Å². The molecule has 4 radical (unpaired) electrons. The van der Waals surface area contributed by atoms with Crippen molar-refractivity contribution in [1.29, 1.82) is 0 Å². The first-order valence-electron chi connectivity index (χ1n) is 0. The molecule has 0 aromatic carbocycles. The average Bonchev–Trinajstić information content (AvgIpc) is 0. The van der Waals surface area contributed by atoms with Crippen molar-refractivity contribution in [3.63, 3.8) is 0 Å². The molecule has 0 aromatic rings. The Bertz CT molecular complexity index is 10.8. The topological polar surface area (TPSA) is 93.0 Å². The summed E-state index contributed by atoms with van der Waals surface area (Å²) >= 11 is 0. The summed E-state index contributed by atoms with van der Waals surface area (Å²) in [6.45, 7) is 0. The molecular weight excluding hydrogens is 169 g/mol. The smallest absolute Gasteiger partial charge is 0 e. The molecule has 0 aliphatic rings. The molecule has 3 nitrogen and oxygen atoms in total. The van der Waals surface area contributed by atoms with Crippen LogP contribution < -0.4 is 0 Å². The van der Waals surface area contributed by atoms with E-state index in [9.17, 15) is 0 Å². The van der Waals surface area contributed by atoms with Gasteiger partial charge in [0.1, 0.15) is 0 Å². The third kappa shape index (κ3) is 55.0. The standard InChI is InChI=1S/Al.Cu.3H2O.H3P/h;;3*1H2;1H3/p-1. The van der Waals surface area contributed by atoms with Gasteiger partial charge in [-0.25, -0.2) is 0 Å². The van der Waals surface area contributed by atoms with Gasteiger partial charge in [-0.15, -0.1) is 0 Å². The number of hydrogen-bond donors (Lipinski definition) is 0. The molecule has 6 heavy (non-hydrogen) atoms. The average molecular weight is 178 g/mol. The summed E-state index contributed by atoms with van der Waals surface area (Å²) in [5.41, 5.74) is 0. The van der Waals surface area contributed by atoms with Gasteiger partial charge in [0.05, 0.1) is 0 Å². The first-order chi connectivity index (χ1) is 0. The van der Waals surface area contributed by atoms with Crippen LogP contribution in [0, 0.1) is 0 Å². The number of rotatable bonds is 0. The predicted octanol–water partition coefficient (Wildman–Crippen LogP) is -2.15. The van der Waals surface area contributed by atoms with E-state index >= 15 is 0 Å². The van der Waals surface area contributed by atoms with Gasteiger partial charge in [-0.1, -0.05) is 0 Å². The molecule has 5 N–H and O–H groups in total. The van der Waals surface area contributed by atoms with E-state index < -0.39 is 0 Å². The second-order valence-corrected chi connectivity index (χ2v) is 0. The SMILES string of the molecule is O.O.P.[Al].[Cu].[OH-]. The summed E-state index contributed by atoms with van der Waals surface area (Å²) < 4.78 is 0. The minimum atomic E-state index is 0. The van der Waals surface area contributed by atoms with Crippen LogP contribution in [0.4, 0.5) is 0 Å². The van der Waals surface area contributed by atoms with Gasteiger partial charge >= 0.3 is 0 Å². The number of hydrogen-bond acceptors (Lipinski definition) is 1. The van der Waals surface area contributed by atoms with Crippen molar-refractivity contribution in [3.8, 4) is 0 Å². The summed E-state index contributed by atoms with van der Waals surface area (Å²) in [4.78, 5) is 0. The zero-order chi connectivity index (χ0) is 0. The van der Waals surface area contributed by atoms with Crippen LogP contribution in [0.1, 0.15) is 0 Å². The van der Waals surface area contributed by atoms with E-state index in [1.807, 2.05) is 0 Å². The molecule has 0 aliphatic heterocycles. The zero-order valence-electron chi connectivity index (χ0n) is 3.03. The second kappa shape index (κ2) is 98.6. The normalized spacial score (nSPS) is 0. The predicted molar refractivity (Wildman–Crippen MR) is 26.0 cm³/mol. The molecule has 0 saturated heterocycles. The Labute approximate surface area is 61.0 Å². The van der Waals surface area contributed by atoms with Gasteiger partial charge in [0.25, 0.3) is 0 Å². The fourth-order valence-electron chi connectivity index (χ4n) is 0. The summed E-state index contributed by atoms with van der Waals surface area (Å²) in [6, 6.07) is 0. The van der Waals surface area contributed by atoms with E-state index in [1.165, 1.54) is 0 Å². The van der Waals surface area contributed by atoms with Crippen molar-refractivity contribution >= 4 is 27.3 Å². The molecule has 0 rings (SSSR count). The molecule has 0 bridgehead atoms. The van der Waals surface area contributed by atoms with Crippen molar-refractivity contribution in [3.05, 3.63) is 0 Å². The van der Waals surface area contributed by atoms with Gasteiger partial charge in [0, 0.05) is 34.4 Å². The second-order valence-electron chi connectivity index (χ2n) is 0. The van der Waals surface area contributed by atoms with Crippen LogP contribution in [0.2, 0.25) is 0 Å². The first kappa shape index (κ1) is 161. The Morgan fingerprint density at radius 2 is 0.833 bits per heavy atom. The molecule has 0 spiro atoms. The molecule has 0 aliphatic carbocycles. The van der Waals surface area contributed by atoms with Gasteiger partial charge in [0.15, 0.2) is 0 Å². The Kier molecular flexibility index (Phi) is 2640. The Morgan fingerprint density at radius 1 is 0.833 bits per heavy atom. The first-order valence-corrected chi connectivity index (χ1v) is 0. The fraction of sp³-hybridized carbons (Fsp3) is 0. The molecule has 0 heterocycles. The maximum absolute atomic E-state index is 0. The molecule has 0 saturated carbocycles. The Balaban J connectivity index is 0. The van der Waals surface area contributed by atoms with Crippen molar-refractivity contribution in [1.82, 2.24) is 0 Å². The van der Waals surface area contributed by atoms with E-state index in [0.29, 0.717) is 0 Å². The molecule has 46 valence electrons. The Hall–Kier alpha value is 1.36. The summed E-state index contributed by atoms with van der Waals surface area (Å²) in [5.74, 6) is 0. The molecule has 0 amide bonds. The van der Waals surface area contributed by atoms with Crippen LogP contribution >= 0.6 is 9.90 Å². The zero-order valence-corrected chi connectivity index (χ0v) is 6.54. The maximum Gasteiger partial charge on any atom is 0 e. The quantitative estimate of drug-likeness (QED) is 0.306. The van der Waals surface area contributed by atoms with Crippen LogP contribution in [0.25, 0.3) is 0 Å². The van der Waals surface area contributed by atoms with Gasteiger partial charge in [-0.3, -0.25) is 0 Å². The van der Waals surface area contributed by atoms with Crippen LogP contribution in [0.3, 0.4) is 0 Å². The van der Waals surface area contributed by atoms with Gasteiger partial charge in [-0.2, -0.15) is 9.90 Å². The van der Waals surface area contributed by atoms with Gasteiger partial charge in [-0.05, 0) is 0 Å². The van der Waals surface area contributed by atoms with Crippen LogP contribution in [0.5, 0.6) is 0 Å². The van der Waals surface area contributed by atoms with E-state index in [2.05, 4.69) is 0 Å². The molecular formula is H8AlCuO3P-. The van der Waals surface area contributed by atoms with Gasteiger partial charge in [0.2, 0.25) is 0 Å². The fourth-order valence-corrected chi connectivity index (χ4v) is 0. The monoisotopic (exact) mass is 177 g/mol. The molecule has 6 heteroatoms. The van der Waals surface area contributed by atoms with Crippen molar-refractivity contribution in [2.75, 3.05) is 0 Å². The van der Waals surface area contributed by atoms with Crippen LogP contribution in [0.15, 0.2) is 0 Å². The van der Waals surface area contributed by atoms with E-state index in [4.69, 9.17) is 0 Å². The van der Waals surface area contributed by atoms with Crippen LogP contribution in [-0.4, -0.2) is 33.8 Å². The third-order valence-electron chi connectivity index (χ3n) is 0. The van der Waals surface area contributed by atoms with E-state index in [1.54, 1.807) is 0 Å². The Morgan fingerprint density at radius 3 is 0.833 bits per heavy atom. The summed E-state index contributed by atoms with van der Waals surface area (Å²) in [7, 11) is 0. The molecule has 0 fully saturated rings. The van der Waals surface area contributed by atoms with Crippen LogP contribution in [-0.2, 0) is 17.1 Å². The molecule has 1 unspecified atom stereocenters. The third-order valence-corrected chi connectivity index (χ3v) is 0. The van der Waals surface area contributed by atoms with Crippen molar-refractivity contribution in [2.24, 2.45) is 0 Å². The minimum absolute atomic E-state index is 0. The van der Waals surface area contributed by atoms with Crippen molar-refractivity contribution in [2.45, 2.75) is 0 Å². The van der Waals surface area contributed by atoms with Crippen molar-refractivity contribution < 1.29 is 33.5 Å². The summed E-state index contributed by atoms with van der Waals surface area (Å²) in [5, 5.41) is 0. The molecule has 0 aromatic heterocycles. The molecule has 1 atom stereocenters. The summed E-state index contributed by atoms with van der Waals surface area (Å²) in [6.07, 6.45) is 0. The van der Waals surface area contributed by atoms with Gasteiger partial charge < -0.3 is 16.4 Å². The largest absolute Gasteiger partial charge is 0.870 e. The van der Waals surface area contributed by atoms with E-state index in [0.717, 1.165) is 0 Å².